The topological polar surface area (TPSA) is 41.7 Å². The Bertz CT molecular complexity index is 422. The van der Waals surface area contributed by atoms with Gasteiger partial charge in [0.25, 0.3) is 0 Å². The number of ether oxygens (including phenoxy) is 1. The van der Waals surface area contributed by atoms with Gasteiger partial charge in [-0.25, -0.2) is 0 Å². The lowest BCUT2D eigenvalue weighted by Gasteiger charge is -2.38. The molecule has 0 aromatic heterocycles. The van der Waals surface area contributed by atoms with Crippen LogP contribution >= 0.6 is 0 Å². The van der Waals surface area contributed by atoms with E-state index in [0.29, 0.717) is 12.6 Å². The molecule has 4 heteroatoms. The van der Waals surface area contributed by atoms with E-state index >= 15 is 0 Å². The third-order valence-electron chi connectivity index (χ3n) is 3.92. The first-order valence-electron chi connectivity index (χ1n) is 6.92. The summed E-state index contributed by atoms with van der Waals surface area (Å²) in [7, 11) is 3.88. The number of benzene rings is 1. The Kier molecular flexibility index (Phi) is 4.80. The monoisotopic (exact) mass is 263 g/mol. The number of likely N-dealkylation sites (N-methyl/N-ethyl adjacent to an activating group) is 1. The van der Waals surface area contributed by atoms with E-state index < -0.39 is 0 Å². The molecule has 0 aliphatic carbocycles. The Morgan fingerprint density at radius 2 is 2.16 bits per heavy atom. The fourth-order valence-electron chi connectivity index (χ4n) is 2.74. The summed E-state index contributed by atoms with van der Waals surface area (Å²) >= 11 is 0. The van der Waals surface area contributed by atoms with Gasteiger partial charge in [-0.15, -0.1) is 0 Å². The predicted octanol–water partition coefficient (Wildman–Crippen LogP) is 1.29. The van der Waals surface area contributed by atoms with Gasteiger partial charge in [0.05, 0.1) is 7.11 Å². The fraction of sp³-hybridized carbons (Fsp3) is 0.600. The molecule has 2 rings (SSSR count). The van der Waals surface area contributed by atoms with Crippen molar-refractivity contribution in [3.05, 3.63) is 29.3 Å². The van der Waals surface area contributed by atoms with Crippen molar-refractivity contribution in [2.45, 2.75) is 26.1 Å². The van der Waals surface area contributed by atoms with Crippen molar-refractivity contribution in [1.29, 1.82) is 0 Å². The normalized spacial score (nSPS) is 21.6. The Labute approximate surface area is 116 Å². The van der Waals surface area contributed by atoms with Gasteiger partial charge in [-0.2, -0.15) is 0 Å². The second-order valence-corrected chi connectivity index (χ2v) is 5.43. The van der Waals surface area contributed by atoms with E-state index in [1.54, 1.807) is 7.11 Å². The zero-order valence-electron chi connectivity index (χ0n) is 12.2. The molecule has 1 saturated heterocycles. The maximum absolute atomic E-state index is 5.77. The van der Waals surface area contributed by atoms with Crippen LogP contribution in [0.3, 0.4) is 0 Å². The summed E-state index contributed by atoms with van der Waals surface area (Å²) in [5.41, 5.74) is 8.18. The van der Waals surface area contributed by atoms with Gasteiger partial charge in [-0.3, -0.25) is 4.90 Å². The van der Waals surface area contributed by atoms with E-state index in [1.165, 1.54) is 5.56 Å². The molecule has 1 unspecified atom stereocenters. The van der Waals surface area contributed by atoms with Gasteiger partial charge in [0.15, 0.2) is 0 Å². The number of nitrogens with zero attached hydrogens (tertiary/aromatic N) is 2. The van der Waals surface area contributed by atoms with Crippen molar-refractivity contribution in [3.8, 4) is 5.75 Å². The van der Waals surface area contributed by atoms with Gasteiger partial charge in [0.1, 0.15) is 5.75 Å². The molecule has 1 atom stereocenters. The lowest BCUT2D eigenvalue weighted by atomic mass is 10.1. The summed E-state index contributed by atoms with van der Waals surface area (Å²) in [6.45, 7) is 7.22. The van der Waals surface area contributed by atoms with E-state index in [0.717, 1.165) is 37.5 Å². The second-order valence-electron chi connectivity index (χ2n) is 5.43. The quantitative estimate of drug-likeness (QED) is 0.889. The molecule has 19 heavy (non-hydrogen) atoms. The van der Waals surface area contributed by atoms with Gasteiger partial charge in [0, 0.05) is 44.3 Å². The standard InChI is InChI=1S/C15H25N3O/c1-12-10-17(2)6-7-18(12)11-13-4-5-15(19-3)14(8-13)9-16/h4-5,8,12H,6-7,9-11,16H2,1-3H3. The lowest BCUT2D eigenvalue weighted by Crippen LogP contribution is -2.49. The molecule has 1 aliphatic heterocycles. The van der Waals surface area contributed by atoms with E-state index in [-0.39, 0.29) is 0 Å². The number of nitrogens with two attached hydrogens (primary N) is 1. The molecule has 1 aromatic carbocycles. The summed E-state index contributed by atoms with van der Waals surface area (Å²) in [5.74, 6) is 0.887. The number of methoxy groups -OCH3 is 1. The molecule has 1 fully saturated rings. The van der Waals surface area contributed by atoms with Crippen LogP contribution in [0.5, 0.6) is 5.75 Å². The average molecular weight is 263 g/mol. The molecule has 1 heterocycles. The Balaban J connectivity index is 2.06. The van der Waals surface area contributed by atoms with Crippen LogP contribution in [0, 0.1) is 0 Å². The van der Waals surface area contributed by atoms with Crippen molar-refractivity contribution >= 4 is 0 Å². The first-order chi connectivity index (χ1) is 9.13. The van der Waals surface area contributed by atoms with Crippen LogP contribution < -0.4 is 10.5 Å². The van der Waals surface area contributed by atoms with Crippen LogP contribution in [0.25, 0.3) is 0 Å². The molecule has 0 amide bonds. The van der Waals surface area contributed by atoms with Crippen molar-refractivity contribution < 1.29 is 4.74 Å². The van der Waals surface area contributed by atoms with Crippen molar-refractivity contribution in [2.75, 3.05) is 33.8 Å². The third-order valence-corrected chi connectivity index (χ3v) is 3.92. The minimum Gasteiger partial charge on any atom is -0.496 e. The smallest absolute Gasteiger partial charge is 0.123 e. The number of hydrogen-bond donors (Lipinski definition) is 1. The highest BCUT2D eigenvalue weighted by Crippen LogP contribution is 2.21. The molecular formula is C15H25N3O. The third kappa shape index (κ3) is 3.47. The summed E-state index contributed by atoms with van der Waals surface area (Å²) in [6.07, 6.45) is 0. The summed E-state index contributed by atoms with van der Waals surface area (Å²) in [4.78, 5) is 4.92. The van der Waals surface area contributed by atoms with Gasteiger partial charge in [-0.05, 0) is 31.7 Å². The van der Waals surface area contributed by atoms with E-state index in [4.69, 9.17) is 10.5 Å². The van der Waals surface area contributed by atoms with E-state index in [2.05, 4.69) is 35.9 Å². The van der Waals surface area contributed by atoms with Crippen LogP contribution in [-0.4, -0.2) is 49.6 Å². The molecule has 0 saturated carbocycles. The summed E-state index contributed by atoms with van der Waals surface area (Å²) in [6, 6.07) is 6.94. The maximum atomic E-state index is 5.77. The van der Waals surface area contributed by atoms with Gasteiger partial charge in [0.2, 0.25) is 0 Å². The molecule has 0 radical (unpaired) electrons. The lowest BCUT2D eigenvalue weighted by molar-refractivity contribution is 0.0938. The highest BCUT2D eigenvalue weighted by Gasteiger charge is 2.21. The fourth-order valence-corrected chi connectivity index (χ4v) is 2.74. The minimum absolute atomic E-state index is 0.523. The molecule has 4 nitrogen and oxygen atoms in total. The van der Waals surface area contributed by atoms with Crippen LogP contribution in [0.15, 0.2) is 18.2 Å². The molecule has 2 N–H and O–H groups in total. The Hall–Kier alpha value is -1.10. The van der Waals surface area contributed by atoms with Gasteiger partial charge >= 0.3 is 0 Å². The molecule has 1 aliphatic rings. The zero-order chi connectivity index (χ0) is 13.8. The van der Waals surface area contributed by atoms with Crippen molar-refractivity contribution in [2.24, 2.45) is 5.73 Å². The molecule has 0 bridgehead atoms. The number of piperazine rings is 1. The second kappa shape index (κ2) is 6.37. The summed E-state index contributed by atoms with van der Waals surface area (Å²) in [5, 5.41) is 0. The number of rotatable bonds is 4. The molecular weight excluding hydrogens is 238 g/mol. The predicted molar refractivity (Wildman–Crippen MR) is 78.3 cm³/mol. The van der Waals surface area contributed by atoms with Crippen molar-refractivity contribution in [1.82, 2.24) is 9.80 Å². The molecule has 0 spiro atoms. The molecule has 1 aromatic rings. The first-order valence-corrected chi connectivity index (χ1v) is 6.92. The minimum atomic E-state index is 0.523. The van der Waals surface area contributed by atoms with Gasteiger partial charge in [-0.1, -0.05) is 6.07 Å². The van der Waals surface area contributed by atoms with Gasteiger partial charge < -0.3 is 15.4 Å². The Morgan fingerprint density at radius 1 is 1.37 bits per heavy atom. The van der Waals surface area contributed by atoms with Crippen LogP contribution in [0.1, 0.15) is 18.1 Å². The maximum Gasteiger partial charge on any atom is 0.123 e. The van der Waals surface area contributed by atoms with Crippen LogP contribution in [0.4, 0.5) is 0 Å². The number of hydrogen-bond acceptors (Lipinski definition) is 4. The highest BCUT2D eigenvalue weighted by molar-refractivity contribution is 5.37. The first kappa shape index (κ1) is 14.3. The zero-order valence-corrected chi connectivity index (χ0v) is 12.2. The van der Waals surface area contributed by atoms with E-state index in [1.807, 2.05) is 6.07 Å². The van der Waals surface area contributed by atoms with E-state index in [9.17, 15) is 0 Å². The average Bonchev–Trinajstić information content (AvgIpc) is 2.41. The Morgan fingerprint density at radius 3 is 2.79 bits per heavy atom. The van der Waals surface area contributed by atoms with Crippen molar-refractivity contribution in [3.63, 3.8) is 0 Å². The van der Waals surface area contributed by atoms with Crippen LogP contribution in [0.2, 0.25) is 0 Å². The van der Waals surface area contributed by atoms with Crippen LogP contribution in [-0.2, 0) is 13.1 Å². The SMILES string of the molecule is COc1ccc(CN2CCN(C)CC2C)cc1CN. The molecule has 106 valence electrons. The highest BCUT2D eigenvalue weighted by atomic mass is 16.5. The summed E-state index contributed by atoms with van der Waals surface area (Å²) < 4.78 is 5.32. The largest absolute Gasteiger partial charge is 0.496 e.